The Morgan fingerprint density at radius 3 is 2.34 bits per heavy atom. The summed E-state index contributed by atoms with van der Waals surface area (Å²) < 4.78 is 61.2. The molecule has 4 rings (SSSR count). The summed E-state index contributed by atoms with van der Waals surface area (Å²) in [6.45, 7) is 1.28. The van der Waals surface area contributed by atoms with Crippen molar-refractivity contribution in [3.8, 4) is 5.75 Å². The van der Waals surface area contributed by atoms with E-state index in [9.17, 15) is 17.2 Å². The monoisotopic (exact) mass is 462 g/mol. The second kappa shape index (κ2) is 9.35. The molecule has 0 amide bonds. The summed E-state index contributed by atoms with van der Waals surface area (Å²) in [6, 6.07) is 11.7. The smallest absolute Gasteiger partial charge is 0.262 e. The van der Waals surface area contributed by atoms with E-state index in [1.807, 2.05) is 0 Å². The van der Waals surface area contributed by atoms with Crippen molar-refractivity contribution in [3.05, 3.63) is 78.3 Å². The number of imidazole rings is 1. The van der Waals surface area contributed by atoms with Crippen LogP contribution in [0.3, 0.4) is 0 Å². The number of aryl methyl sites for hydroxylation is 1. The Kier molecular flexibility index (Phi) is 6.54. The lowest BCUT2D eigenvalue weighted by molar-refractivity contribution is 0.303. The quantitative estimate of drug-likeness (QED) is 0.521. The van der Waals surface area contributed by atoms with Crippen molar-refractivity contribution in [1.29, 1.82) is 0 Å². The number of nitrogens with zero attached hydrogens (tertiary/aromatic N) is 3. The molecule has 0 aliphatic carbocycles. The molecule has 2 heterocycles. The zero-order chi connectivity index (χ0) is 22.7. The fourth-order valence-corrected chi connectivity index (χ4v) is 5.27. The highest BCUT2D eigenvalue weighted by molar-refractivity contribution is 7.89. The van der Waals surface area contributed by atoms with Crippen molar-refractivity contribution in [2.24, 2.45) is 7.05 Å². The molecule has 0 spiro atoms. The van der Waals surface area contributed by atoms with Crippen LogP contribution in [0.1, 0.15) is 11.5 Å². The summed E-state index contributed by atoms with van der Waals surface area (Å²) in [7, 11) is -2.05. The van der Waals surface area contributed by atoms with Crippen LogP contribution in [-0.4, -0.2) is 54.6 Å². The molecule has 10 heteroatoms. The molecule has 32 heavy (non-hydrogen) atoms. The van der Waals surface area contributed by atoms with E-state index in [0.717, 1.165) is 5.56 Å². The Balaban J connectivity index is 1.46. The van der Waals surface area contributed by atoms with Gasteiger partial charge < -0.3 is 14.6 Å². The average molecular weight is 463 g/mol. The molecule has 3 aromatic rings. The van der Waals surface area contributed by atoms with Crippen LogP contribution in [0.15, 0.2) is 66.1 Å². The summed E-state index contributed by atoms with van der Waals surface area (Å²) in [4.78, 5) is 4.00. The third kappa shape index (κ3) is 4.98. The number of hydrogen-bond acceptors (Lipinski definition) is 5. The normalized spacial score (nSPS) is 19.3. The zero-order valence-corrected chi connectivity index (χ0v) is 18.3. The maximum atomic E-state index is 13.4. The lowest BCUT2D eigenvalue weighted by Crippen LogP contribution is -2.38. The molecule has 0 bridgehead atoms. The van der Waals surface area contributed by atoms with Crippen LogP contribution < -0.4 is 10.1 Å². The number of benzene rings is 2. The minimum absolute atomic E-state index is 0.00171. The molecule has 1 fully saturated rings. The van der Waals surface area contributed by atoms with E-state index in [-0.39, 0.29) is 41.7 Å². The van der Waals surface area contributed by atoms with Gasteiger partial charge in [0.2, 0.25) is 0 Å². The Labute approximate surface area is 185 Å². The van der Waals surface area contributed by atoms with Crippen molar-refractivity contribution >= 4 is 10.0 Å². The molecule has 1 N–H and O–H groups in total. The van der Waals surface area contributed by atoms with Gasteiger partial charge in [-0.15, -0.1) is 0 Å². The molecule has 2 unspecified atom stereocenters. The second-order valence-electron chi connectivity index (χ2n) is 7.72. The van der Waals surface area contributed by atoms with Gasteiger partial charge in [-0.05, 0) is 42.0 Å². The van der Waals surface area contributed by atoms with Gasteiger partial charge in [0.15, 0.2) is 5.03 Å². The molecule has 1 aliphatic rings. The highest BCUT2D eigenvalue weighted by Gasteiger charge is 2.40. The number of halogens is 2. The van der Waals surface area contributed by atoms with Crippen LogP contribution in [0.25, 0.3) is 0 Å². The standard InChI is InChI=1S/C22H24F2N4O3S/c1-27-14-22(26-15-27)32(29,30)28-12-20(16-2-4-17(23)5-3-16)21(13-28)25-10-11-31-19-8-6-18(24)7-9-19/h2-9,14-15,20-21,25H,10-13H2,1H3. The highest BCUT2D eigenvalue weighted by Crippen LogP contribution is 2.31. The van der Waals surface area contributed by atoms with Crippen molar-refractivity contribution < 1.29 is 21.9 Å². The topological polar surface area (TPSA) is 76.5 Å². The third-order valence-corrected chi connectivity index (χ3v) is 7.18. The predicted octanol–water partition coefficient (Wildman–Crippen LogP) is 2.52. The van der Waals surface area contributed by atoms with Gasteiger partial charge in [0.25, 0.3) is 10.0 Å². The molecule has 7 nitrogen and oxygen atoms in total. The molecule has 0 radical (unpaired) electrons. The molecule has 170 valence electrons. The first kappa shape index (κ1) is 22.4. The number of rotatable bonds is 8. The summed E-state index contributed by atoms with van der Waals surface area (Å²) in [5.41, 5.74) is 0.849. The zero-order valence-electron chi connectivity index (χ0n) is 17.5. The van der Waals surface area contributed by atoms with Crippen molar-refractivity contribution in [2.75, 3.05) is 26.2 Å². The first-order valence-electron chi connectivity index (χ1n) is 10.2. The lowest BCUT2D eigenvalue weighted by atomic mass is 9.94. The van der Waals surface area contributed by atoms with Gasteiger partial charge in [-0.25, -0.2) is 22.2 Å². The van der Waals surface area contributed by atoms with E-state index in [1.165, 1.54) is 41.1 Å². The van der Waals surface area contributed by atoms with Crippen LogP contribution >= 0.6 is 0 Å². The van der Waals surface area contributed by atoms with Crippen molar-refractivity contribution in [1.82, 2.24) is 19.2 Å². The number of nitrogens with one attached hydrogen (secondary N) is 1. The first-order valence-corrected chi connectivity index (χ1v) is 11.6. The fraction of sp³-hybridized carbons (Fsp3) is 0.318. The number of sulfonamides is 1. The second-order valence-corrected chi connectivity index (χ2v) is 9.61. The number of aromatic nitrogens is 2. The van der Waals surface area contributed by atoms with Crippen LogP contribution in [0.4, 0.5) is 8.78 Å². The van der Waals surface area contributed by atoms with E-state index in [0.29, 0.717) is 18.9 Å². The third-order valence-electron chi connectivity index (χ3n) is 5.46. The van der Waals surface area contributed by atoms with Gasteiger partial charge in [-0.3, -0.25) is 0 Å². The van der Waals surface area contributed by atoms with Gasteiger partial charge >= 0.3 is 0 Å². The van der Waals surface area contributed by atoms with E-state index >= 15 is 0 Å². The Bertz CT molecular complexity index is 1150. The minimum Gasteiger partial charge on any atom is -0.492 e. The largest absolute Gasteiger partial charge is 0.492 e. The Hall–Kier alpha value is -2.82. The lowest BCUT2D eigenvalue weighted by Gasteiger charge is -2.20. The molecule has 1 saturated heterocycles. The molecule has 0 saturated carbocycles. The van der Waals surface area contributed by atoms with Gasteiger partial charge in [0.05, 0.1) is 6.33 Å². The first-order chi connectivity index (χ1) is 15.3. The van der Waals surface area contributed by atoms with Crippen LogP contribution in [0, 0.1) is 11.6 Å². The molecule has 2 aromatic carbocycles. The van der Waals surface area contributed by atoms with Gasteiger partial charge in [-0.1, -0.05) is 12.1 Å². The number of ether oxygens (including phenoxy) is 1. The Morgan fingerprint density at radius 2 is 1.72 bits per heavy atom. The maximum Gasteiger partial charge on any atom is 0.262 e. The highest BCUT2D eigenvalue weighted by atomic mass is 32.2. The summed E-state index contributed by atoms with van der Waals surface area (Å²) >= 11 is 0. The van der Waals surface area contributed by atoms with Crippen molar-refractivity contribution in [2.45, 2.75) is 17.0 Å². The van der Waals surface area contributed by atoms with E-state index in [4.69, 9.17) is 4.74 Å². The van der Waals surface area contributed by atoms with Gasteiger partial charge in [-0.2, -0.15) is 4.31 Å². The van der Waals surface area contributed by atoms with E-state index in [1.54, 1.807) is 35.9 Å². The maximum absolute atomic E-state index is 13.4. The summed E-state index contributed by atoms with van der Waals surface area (Å²) in [6.07, 6.45) is 2.92. The fourth-order valence-electron chi connectivity index (χ4n) is 3.82. The summed E-state index contributed by atoms with van der Waals surface area (Å²) in [5.74, 6) is -0.298. The summed E-state index contributed by atoms with van der Waals surface area (Å²) in [5, 5.41) is 3.36. The van der Waals surface area contributed by atoms with Crippen LogP contribution in [-0.2, 0) is 17.1 Å². The van der Waals surface area contributed by atoms with Crippen molar-refractivity contribution in [3.63, 3.8) is 0 Å². The SMILES string of the molecule is Cn1cnc(S(=O)(=O)N2CC(NCCOc3ccc(F)cc3)C(c3ccc(F)cc3)C2)c1. The van der Waals surface area contributed by atoms with E-state index in [2.05, 4.69) is 10.3 Å². The molecular formula is C22H24F2N4O3S. The van der Waals surface area contributed by atoms with Crippen LogP contribution in [0.2, 0.25) is 0 Å². The van der Waals surface area contributed by atoms with Gasteiger partial charge in [0.1, 0.15) is 24.0 Å². The van der Waals surface area contributed by atoms with Gasteiger partial charge in [0, 0.05) is 44.8 Å². The predicted molar refractivity (Wildman–Crippen MR) is 115 cm³/mol. The molecular weight excluding hydrogens is 438 g/mol. The Morgan fingerprint density at radius 1 is 1.06 bits per heavy atom. The molecule has 2 atom stereocenters. The van der Waals surface area contributed by atoms with Crippen LogP contribution in [0.5, 0.6) is 5.75 Å². The minimum atomic E-state index is -3.76. The molecule has 1 aliphatic heterocycles. The van der Waals surface area contributed by atoms with E-state index < -0.39 is 10.0 Å². The molecule has 1 aromatic heterocycles. The number of hydrogen-bond donors (Lipinski definition) is 1. The average Bonchev–Trinajstić information content (AvgIpc) is 3.40.